The number of rotatable bonds is 4. The molecule has 2 nitrogen and oxygen atoms in total. The second-order valence-corrected chi connectivity index (χ2v) is 7.28. The Hall–Kier alpha value is -2.35. The summed E-state index contributed by atoms with van der Waals surface area (Å²) in [5.74, 6) is 2.37. The Balaban J connectivity index is 1.73. The number of hydrogen-bond donors (Lipinski definition) is 0. The van der Waals surface area contributed by atoms with Crippen LogP contribution in [0.4, 0.5) is 0 Å². The fourth-order valence-corrected chi connectivity index (χ4v) is 5.09. The number of fused-ring (bicyclic) bond motifs is 2. The average molecular weight is 332 g/mol. The van der Waals surface area contributed by atoms with Gasteiger partial charge in [0.2, 0.25) is 0 Å². The molecule has 2 aromatic carbocycles. The number of methoxy groups -OCH3 is 1. The molecule has 2 aliphatic rings. The second-order valence-electron chi connectivity index (χ2n) is 7.28. The van der Waals surface area contributed by atoms with E-state index in [0.717, 1.165) is 17.4 Å². The molecule has 0 amide bonds. The molecule has 128 valence electrons. The predicted molar refractivity (Wildman–Crippen MR) is 100 cm³/mol. The van der Waals surface area contributed by atoms with Crippen molar-refractivity contribution < 1.29 is 9.53 Å². The third kappa shape index (κ3) is 3.02. The Morgan fingerprint density at radius 1 is 0.960 bits per heavy atom. The van der Waals surface area contributed by atoms with E-state index in [0.29, 0.717) is 11.8 Å². The van der Waals surface area contributed by atoms with Gasteiger partial charge in [-0.05, 0) is 65.7 Å². The summed E-state index contributed by atoms with van der Waals surface area (Å²) in [4.78, 5) is 11.5. The highest BCUT2D eigenvalue weighted by Crippen LogP contribution is 2.61. The Morgan fingerprint density at radius 3 is 2.40 bits per heavy atom. The fourth-order valence-electron chi connectivity index (χ4n) is 5.09. The minimum absolute atomic E-state index is 0.303. The molecule has 0 spiro atoms. The van der Waals surface area contributed by atoms with E-state index in [9.17, 15) is 4.79 Å². The molecule has 0 aromatic heterocycles. The van der Waals surface area contributed by atoms with Crippen LogP contribution in [0.3, 0.4) is 0 Å². The third-order valence-electron chi connectivity index (χ3n) is 6.06. The van der Waals surface area contributed by atoms with E-state index in [2.05, 4.69) is 48.5 Å². The van der Waals surface area contributed by atoms with Crippen LogP contribution in [-0.4, -0.2) is 13.1 Å². The van der Waals surface area contributed by atoms with Crippen LogP contribution in [0.1, 0.15) is 47.8 Å². The molecule has 4 atom stereocenters. The Bertz CT molecular complexity index is 778. The molecular formula is C23H24O2. The summed E-state index contributed by atoms with van der Waals surface area (Å²) in [6.45, 7) is 0. The standard InChI is InChI=1S/C23H24O2/c1-25-21(24)14-13-16-7-5-6-10-20(16)23-19-12-11-18(15-19)22(23)17-8-3-2-4-9-17/h2-10,13-14,18-19,22-23H,11-12,15H2,1H3/b14-13+/t18-,19+,22+,23+/m1/s1. The Kier molecular flexibility index (Phi) is 4.44. The lowest BCUT2D eigenvalue weighted by Gasteiger charge is -2.33. The van der Waals surface area contributed by atoms with Crippen LogP contribution in [0.5, 0.6) is 0 Å². The van der Waals surface area contributed by atoms with Gasteiger partial charge in [0.15, 0.2) is 0 Å². The normalized spacial score (nSPS) is 27.7. The largest absolute Gasteiger partial charge is 0.466 e. The molecule has 0 N–H and O–H groups in total. The number of carbonyl (C=O) groups is 1. The van der Waals surface area contributed by atoms with Gasteiger partial charge in [-0.25, -0.2) is 4.79 Å². The maximum atomic E-state index is 11.5. The minimum Gasteiger partial charge on any atom is -0.466 e. The van der Waals surface area contributed by atoms with Crippen molar-refractivity contribution in [2.24, 2.45) is 11.8 Å². The van der Waals surface area contributed by atoms with Gasteiger partial charge in [-0.2, -0.15) is 0 Å². The fraction of sp³-hybridized carbons (Fsp3) is 0.348. The van der Waals surface area contributed by atoms with Gasteiger partial charge in [0.05, 0.1) is 7.11 Å². The lowest BCUT2D eigenvalue weighted by atomic mass is 9.71. The molecule has 0 aliphatic heterocycles. The molecule has 2 saturated carbocycles. The highest BCUT2D eigenvalue weighted by Gasteiger charge is 2.48. The number of ether oxygens (including phenoxy) is 1. The first kappa shape index (κ1) is 16.1. The van der Waals surface area contributed by atoms with E-state index in [4.69, 9.17) is 4.74 Å². The summed E-state index contributed by atoms with van der Waals surface area (Å²) < 4.78 is 4.75. The lowest BCUT2D eigenvalue weighted by molar-refractivity contribution is -0.134. The molecule has 0 heterocycles. The molecule has 4 rings (SSSR count). The second kappa shape index (κ2) is 6.87. The van der Waals surface area contributed by atoms with Gasteiger partial charge in [-0.1, -0.05) is 54.6 Å². The van der Waals surface area contributed by atoms with Gasteiger partial charge >= 0.3 is 5.97 Å². The van der Waals surface area contributed by atoms with Crippen LogP contribution in [0.25, 0.3) is 6.08 Å². The van der Waals surface area contributed by atoms with Gasteiger partial charge in [-0.3, -0.25) is 0 Å². The zero-order chi connectivity index (χ0) is 17.2. The number of carbonyl (C=O) groups excluding carboxylic acids is 1. The number of hydrogen-bond acceptors (Lipinski definition) is 2. The van der Waals surface area contributed by atoms with Crippen molar-refractivity contribution in [2.75, 3.05) is 7.11 Å². The van der Waals surface area contributed by atoms with Crippen LogP contribution in [-0.2, 0) is 9.53 Å². The topological polar surface area (TPSA) is 26.3 Å². The number of esters is 1. The Labute approximate surface area is 149 Å². The van der Waals surface area contributed by atoms with Crippen molar-refractivity contribution in [3.63, 3.8) is 0 Å². The molecular weight excluding hydrogens is 308 g/mol. The van der Waals surface area contributed by atoms with Crippen molar-refractivity contribution in [3.05, 3.63) is 77.4 Å². The average Bonchev–Trinajstić information content (AvgIpc) is 3.28. The smallest absolute Gasteiger partial charge is 0.330 e. The van der Waals surface area contributed by atoms with Gasteiger partial charge in [0.1, 0.15) is 0 Å². The monoisotopic (exact) mass is 332 g/mol. The van der Waals surface area contributed by atoms with Crippen LogP contribution in [0.2, 0.25) is 0 Å². The molecule has 2 heteroatoms. The zero-order valence-corrected chi connectivity index (χ0v) is 14.6. The summed E-state index contributed by atoms with van der Waals surface area (Å²) in [6, 6.07) is 19.5. The molecule has 0 unspecified atom stereocenters. The van der Waals surface area contributed by atoms with E-state index >= 15 is 0 Å². The molecule has 2 fully saturated rings. The van der Waals surface area contributed by atoms with Crippen LogP contribution >= 0.6 is 0 Å². The van der Waals surface area contributed by atoms with E-state index in [1.807, 2.05) is 12.1 Å². The first-order valence-corrected chi connectivity index (χ1v) is 9.18. The molecule has 2 bridgehead atoms. The molecule has 2 aromatic rings. The van der Waals surface area contributed by atoms with Crippen molar-refractivity contribution >= 4 is 12.0 Å². The molecule has 2 aliphatic carbocycles. The van der Waals surface area contributed by atoms with Crippen molar-refractivity contribution in [1.29, 1.82) is 0 Å². The van der Waals surface area contributed by atoms with E-state index < -0.39 is 0 Å². The van der Waals surface area contributed by atoms with E-state index in [1.165, 1.54) is 43.6 Å². The summed E-state index contributed by atoms with van der Waals surface area (Å²) in [5.41, 5.74) is 3.99. The molecule has 25 heavy (non-hydrogen) atoms. The van der Waals surface area contributed by atoms with E-state index in [1.54, 1.807) is 0 Å². The van der Waals surface area contributed by atoms with Crippen LogP contribution < -0.4 is 0 Å². The van der Waals surface area contributed by atoms with Crippen molar-refractivity contribution in [3.8, 4) is 0 Å². The Morgan fingerprint density at radius 2 is 1.64 bits per heavy atom. The van der Waals surface area contributed by atoms with Crippen molar-refractivity contribution in [2.45, 2.75) is 31.1 Å². The van der Waals surface area contributed by atoms with Gasteiger partial charge in [0, 0.05) is 6.08 Å². The van der Waals surface area contributed by atoms with Gasteiger partial charge < -0.3 is 4.74 Å². The summed E-state index contributed by atoms with van der Waals surface area (Å²) >= 11 is 0. The lowest BCUT2D eigenvalue weighted by Crippen LogP contribution is -2.19. The minimum atomic E-state index is -0.303. The van der Waals surface area contributed by atoms with Crippen molar-refractivity contribution in [1.82, 2.24) is 0 Å². The quantitative estimate of drug-likeness (QED) is 0.570. The van der Waals surface area contributed by atoms with E-state index in [-0.39, 0.29) is 5.97 Å². The zero-order valence-electron chi connectivity index (χ0n) is 14.6. The van der Waals surface area contributed by atoms with Gasteiger partial charge in [-0.15, -0.1) is 0 Å². The highest BCUT2D eigenvalue weighted by atomic mass is 16.5. The molecule has 0 radical (unpaired) electrons. The highest BCUT2D eigenvalue weighted by molar-refractivity contribution is 5.87. The number of benzene rings is 2. The SMILES string of the molecule is COC(=O)/C=C/c1ccccc1[C@@H]1[C@H]2CC[C@H](C2)[C@@H]1c1ccccc1. The van der Waals surface area contributed by atoms with Crippen LogP contribution in [0.15, 0.2) is 60.7 Å². The summed E-state index contributed by atoms with van der Waals surface area (Å²) in [5, 5.41) is 0. The first-order valence-electron chi connectivity index (χ1n) is 9.18. The molecule has 0 saturated heterocycles. The predicted octanol–water partition coefficient (Wildman–Crippen LogP) is 5.17. The maximum absolute atomic E-state index is 11.5. The third-order valence-corrected chi connectivity index (χ3v) is 6.06. The maximum Gasteiger partial charge on any atom is 0.330 e. The van der Waals surface area contributed by atoms with Gasteiger partial charge in [0.25, 0.3) is 0 Å². The first-order chi connectivity index (χ1) is 12.3. The van der Waals surface area contributed by atoms with Crippen LogP contribution in [0, 0.1) is 11.8 Å². The summed E-state index contributed by atoms with van der Waals surface area (Å²) in [7, 11) is 1.42. The summed E-state index contributed by atoms with van der Waals surface area (Å²) in [6.07, 6.45) is 7.45.